The highest BCUT2D eigenvalue weighted by Crippen LogP contribution is 2.42. The van der Waals surface area contributed by atoms with Crippen LogP contribution in [-0.4, -0.2) is 30.9 Å². The molecule has 260 valence electrons. The zero-order valence-corrected chi connectivity index (χ0v) is 31.2. The molecule has 0 saturated carbocycles. The summed E-state index contributed by atoms with van der Waals surface area (Å²) in [5, 5.41) is 22.9. The molecule has 0 amide bonds. The van der Waals surface area contributed by atoms with E-state index in [2.05, 4.69) is 67.3 Å². The fraction of sp³-hybridized carbons (Fsp3) is 0.615. The van der Waals surface area contributed by atoms with E-state index < -0.39 is 0 Å². The fourth-order valence-electron chi connectivity index (χ4n) is 5.54. The molecule has 2 aromatic carbocycles. The summed E-state index contributed by atoms with van der Waals surface area (Å²) in [5.74, 6) is 3.40. The third-order valence-corrected chi connectivity index (χ3v) is 10.5. The number of phenols is 2. The zero-order chi connectivity index (χ0) is 34.5. The van der Waals surface area contributed by atoms with Gasteiger partial charge in [-0.25, -0.2) is 0 Å². The first-order valence-corrected chi connectivity index (χ1v) is 19.0. The number of ether oxygens (including phenoxy) is 2. The van der Waals surface area contributed by atoms with E-state index in [4.69, 9.17) is 19.4 Å². The monoisotopic (exact) mass is 665 g/mol. The molecule has 0 spiro atoms. The number of hydrogen-bond donors (Lipinski definition) is 2. The summed E-state index contributed by atoms with van der Waals surface area (Å²) in [6.45, 7) is 19.2. The Morgan fingerprint density at radius 2 is 0.915 bits per heavy atom. The van der Waals surface area contributed by atoms with Gasteiger partial charge in [0.05, 0.1) is 0 Å². The number of unbranched alkanes of at least 4 members (excludes halogenated alkanes) is 5. The Kier molecular flexibility index (Phi) is 15.6. The molecule has 8 heteroatoms. The van der Waals surface area contributed by atoms with E-state index in [1.165, 1.54) is 32.1 Å². The first-order chi connectivity index (χ1) is 22.6. The molecule has 2 N–H and O–H groups in total. The molecular formula is C39H59N3O4S. The highest BCUT2D eigenvalue weighted by molar-refractivity contribution is 7.99. The van der Waals surface area contributed by atoms with Crippen LogP contribution in [0.1, 0.15) is 172 Å². The van der Waals surface area contributed by atoms with Gasteiger partial charge in [0.25, 0.3) is 0 Å². The van der Waals surface area contributed by atoms with Crippen LogP contribution in [0.5, 0.6) is 35.0 Å². The van der Waals surface area contributed by atoms with Crippen molar-refractivity contribution >= 4 is 11.8 Å². The quantitative estimate of drug-likeness (QED) is 0.0909. The van der Waals surface area contributed by atoms with Crippen molar-refractivity contribution in [2.75, 3.05) is 5.75 Å². The molecule has 3 aromatic rings. The predicted octanol–water partition coefficient (Wildman–Crippen LogP) is 12.4. The van der Waals surface area contributed by atoms with E-state index in [0.29, 0.717) is 28.2 Å². The first kappa shape index (κ1) is 38.4. The third kappa shape index (κ3) is 10.8. The molecule has 3 rings (SSSR count). The Balaban J connectivity index is 2.02. The van der Waals surface area contributed by atoms with Gasteiger partial charge in [-0.05, 0) is 80.0 Å². The van der Waals surface area contributed by atoms with Crippen LogP contribution in [0.25, 0.3) is 0 Å². The molecule has 1 aromatic heterocycles. The van der Waals surface area contributed by atoms with Crippen molar-refractivity contribution in [3.05, 3.63) is 46.5 Å². The topological polar surface area (TPSA) is 97.6 Å². The minimum Gasteiger partial charge on any atom is -0.507 e. The van der Waals surface area contributed by atoms with E-state index in [1.807, 2.05) is 24.3 Å². The maximum Gasteiger partial charge on any atom is 0.329 e. The lowest BCUT2D eigenvalue weighted by Gasteiger charge is -2.20. The molecule has 7 nitrogen and oxygen atoms in total. The van der Waals surface area contributed by atoms with Gasteiger partial charge in [0.1, 0.15) is 23.0 Å². The summed E-state index contributed by atoms with van der Waals surface area (Å²) < 4.78 is 12.7. The van der Waals surface area contributed by atoms with Crippen molar-refractivity contribution in [3.63, 3.8) is 0 Å². The number of thioether (sulfide) groups is 1. The van der Waals surface area contributed by atoms with Crippen molar-refractivity contribution in [1.82, 2.24) is 15.0 Å². The van der Waals surface area contributed by atoms with Crippen LogP contribution >= 0.6 is 11.8 Å². The number of phenolic OH excluding ortho intramolecular Hbond substituents is 2. The molecule has 0 bridgehead atoms. The first-order valence-electron chi connectivity index (χ1n) is 18.0. The Hall–Kier alpha value is -3.00. The van der Waals surface area contributed by atoms with Gasteiger partial charge in [-0.3, -0.25) is 0 Å². The molecule has 4 atom stereocenters. The van der Waals surface area contributed by atoms with E-state index in [9.17, 15) is 10.2 Å². The number of hydrogen-bond acceptors (Lipinski definition) is 8. The summed E-state index contributed by atoms with van der Waals surface area (Å²) in [5.41, 5.74) is 3.45. The lowest BCUT2D eigenvalue weighted by Crippen LogP contribution is -2.04. The molecule has 0 fully saturated rings. The Morgan fingerprint density at radius 3 is 1.28 bits per heavy atom. The van der Waals surface area contributed by atoms with Gasteiger partial charge in [-0.1, -0.05) is 106 Å². The molecule has 47 heavy (non-hydrogen) atoms. The van der Waals surface area contributed by atoms with E-state index >= 15 is 0 Å². The Morgan fingerprint density at radius 1 is 0.553 bits per heavy atom. The number of nitrogens with zero attached hydrogens (tertiary/aromatic N) is 3. The highest BCUT2D eigenvalue weighted by Gasteiger charge is 2.22. The fourth-order valence-corrected chi connectivity index (χ4v) is 6.35. The second-order valence-corrected chi connectivity index (χ2v) is 14.2. The Labute approximate surface area is 288 Å². The summed E-state index contributed by atoms with van der Waals surface area (Å²) in [6, 6.07) is 7.91. The second-order valence-electron chi connectivity index (χ2n) is 13.1. The number of rotatable bonds is 20. The van der Waals surface area contributed by atoms with Gasteiger partial charge in [-0.15, -0.1) is 4.98 Å². The van der Waals surface area contributed by atoms with E-state index in [1.54, 1.807) is 11.8 Å². The zero-order valence-electron chi connectivity index (χ0n) is 30.4. The van der Waals surface area contributed by atoms with Gasteiger partial charge < -0.3 is 19.7 Å². The SMILES string of the molecule is CCCCCCCCSc1nc(Oc2cc(C(C)CC)c(O)c(C(C)CC)c2)nc(Oc2cc(C(C)CC)c(O)c(C(C)CC)c2)n1. The maximum absolute atomic E-state index is 11.2. The van der Waals surface area contributed by atoms with Crippen LogP contribution in [0.15, 0.2) is 29.4 Å². The summed E-state index contributed by atoms with van der Waals surface area (Å²) >= 11 is 1.58. The molecule has 0 aliphatic heterocycles. The van der Waals surface area contributed by atoms with Crippen LogP contribution in [0.3, 0.4) is 0 Å². The predicted molar refractivity (Wildman–Crippen MR) is 195 cm³/mol. The third-order valence-electron chi connectivity index (χ3n) is 9.58. The van der Waals surface area contributed by atoms with Crippen molar-refractivity contribution in [1.29, 1.82) is 0 Å². The van der Waals surface area contributed by atoms with Gasteiger partial charge in [-0.2, -0.15) is 9.97 Å². The summed E-state index contributed by atoms with van der Waals surface area (Å²) in [6.07, 6.45) is 10.9. The van der Waals surface area contributed by atoms with Crippen LogP contribution in [0.4, 0.5) is 0 Å². The normalized spacial score (nSPS) is 14.1. The molecular weight excluding hydrogens is 607 g/mol. The van der Waals surface area contributed by atoms with Crippen molar-refractivity contribution in [2.45, 2.75) is 155 Å². The van der Waals surface area contributed by atoms with Crippen LogP contribution < -0.4 is 9.47 Å². The van der Waals surface area contributed by atoms with Crippen LogP contribution in [0, 0.1) is 0 Å². The van der Waals surface area contributed by atoms with Crippen molar-refractivity contribution in [3.8, 4) is 35.0 Å². The largest absolute Gasteiger partial charge is 0.507 e. The highest BCUT2D eigenvalue weighted by atomic mass is 32.2. The molecule has 0 saturated heterocycles. The standard InChI is InChI=1S/C39H59N3O4S/c1-10-15-16-17-18-19-20-47-39-41-37(45-29-21-31(25(6)11-2)35(43)32(22-29)26(7)12-3)40-38(42-39)46-30-23-33(27(8)13-4)36(44)34(24-30)28(9)14-5/h21-28,43-44H,10-20H2,1-9H3. The Bertz CT molecular complexity index is 1260. The van der Waals surface area contributed by atoms with Crippen molar-refractivity contribution < 1.29 is 19.7 Å². The second kappa shape index (κ2) is 19.1. The minimum absolute atomic E-state index is 0.152. The van der Waals surface area contributed by atoms with Crippen LogP contribution in [0.2, 0.25) is 0 Å². The number of aromatic nitrogens is 3. The van der Waals surface area contributed by atoms with Gasteiger partial charge in [0.2, 0.25) is 0 Å². The summed E-state index contributed by atoms with van der Waals surface area (Å²) in [7, 11) is 0. The molecule has 0 aliphatic rings. The number of aromatic hydroxyl groups is 2. The molecule has 0 aliphatic carbocycles. The lowest BCUT2D eigenvalue weighted by molar-refractivity contribution is 0.382. The average molecular weight is 666 g/mol. The minimum atomic E-state index is 0.152. The smallest absolute Gasteiger partial charge is 0.329 e. The van der Waals surface area contributed by atoms with Gasteiger partial charge in [0, 0.05) is 28.0 Å². The van der Waals surface area contributed by atoms with Gasteiger partial charge >= 0.3 is 12.0 Å². The van der Waals surface area contributed by atoms with Gasteiger partial charge in [0.15, 0.2) is 5.16 Å². The molecule has 1 heterocycles. The summed E-state index contributed by atoms with van der Waals surface area (Å²) in [4.78, 5) is 14.0. The van der Waals surface area contributed by atoms with E-state index in [-0.39, 0.29) is 35.7 Å². The average Bonchev–Trinajstić information content (AvgIpc) is 3.07. The van der Waals surface area contributed by atoms with E-state index in [0.717, 1.165) is 60.1 Å². The maximum atomic E-state index is 11.2. The number of benzene rings is 2. The molecule has 0 radical (unpaired) electrons. The van der Waals surface area contributed by atoms with Crippen molar-refractivity contribution in [2.24, 2.45) is 0 Å². The van der Waals surface area contributed by atoms with Crippen LogP contribution in [-0.2, 0) is 0 Å². The lowest BCUT2D eigenvalue weighted by atomic mass is 9.90. The molecule has 4 unspecified atom stereocenters.